The predicted octanol–water partition coefficient (Wildman–Crippen LogP) is 3.34. The van der Waals surface area contributed by atoms with E-state index < -0.39 is 24.2 Å². The molecule has 0 amide bonds. The molecule has 1 aliphatic carbocycles. The lowest BCUT2D eigenvalue weighted by atomic mass is 9.81. The molecule has 0 aromatic heterocycles. The third kappa shape index (κ3) is 4.12. The van der Waals surface area contributed by atoms with Crippen LogP contribution in [0.3, 0.4) is 0 Å². The van der Waals surface area contributed by atoms with E-state index in [1.807, 2.05) is 19.0 Å². The Balaban J connectivity index is 2.70. The first-order valence-electron chi connectivity index (χ1n) is 6.70. The Morgan fingerprint density at radius 3 is 2.00 bits per heavy atom. The number of aliphatic hydroxyl groups is 1. The minimum atomic E-state index is -4.18. The Hall–Kier alpha value is -0.290. The van der Waals surface area contributed by atoms with Crippen LogP contribution in [0.2, 0.25) is 0 Å². The highest BCUT2D eigenvalue weighted by Crippen LogP contribution is 2.37. The molecule has 1 fully saturated rings. The van der Waals surface area contributed by atoms with Gasteiger partial charge in [0.25, 0.3) is 0 Å². The summed E-state index contributed by atoms with van der Waals surface area (Å²) in [7, 11) is 3.73. The Morgan fingerprint density at radius 2 is 1.61 bits per heavy atom. The van der Waals surface area contributed by atoms with E-state index in [2.05, 4.69) is 0 Å². The van der Waals surface area contributed by atoms with Crippen LogP contribution in [-0.2, 0) is 0 Å². The van der Waals surface area contributed by atoms with Gasteiger partial charge in [0.1, 0.15) is 0 Å². The second kappa shape index (κ2) is 6.24. The summed E-state index contributed by atoms with van der Waals surface area (Å²) >= 11 is 0. The topological polar surface area (TPSA) is 23.5 Å². The van der Waals surface area contributed by atoms with E-state index in [1.54, 1.807) is 0 Å². The molecule has 18 heavy (non-hydrogen) atoms. The quantitative estimate of drug-likeness (QED) is 0.790. The van der Waals surface area contributed by atoms with Crippen molar-refractivity contribution in [1.29, 1.82) is 0 Å². The van der Waals surface area contributed by atoms with Crippen LogP contribution in [0.1, 0.15) is 51.4 Å². The molecule has 0 bridgehead atoms. The maximum atomic E-state index is 12.3. The number of alkyl halides is 3. The van der Waals surface area contributed by atoms with E-state index in [0.29, 0.717) is 0 Å². The molecule has 0 saturated heterocycles. The highest BCUT2D eigenvalue weighted by Gasteiger charge is 2.41. The van der Waals surface area contributed by atoms with E-state index in [4.69, 9.17) is 0 Å². The van der Waals surface area contributed by atoms with Crippen LogP contribution in [0.15, 0.2) is 0 Å². The van der Waals surface area contributed by atoms with Gasteiger partial charge in [-0.15, -0.1) is 0 Å². The van der Waals surface area contributed by atoms with Crippen molar-refractivity contribution in [2.75, 3.05) is 14.1 Å². The van der Waals surface area contributed by atoms with E-state index in [0.717, 1.165) is 38.5 Å². The number of nitrogens with zero attached hydrogens (tertiary/aromatic N) is 1. The summed E-state index contributed by atoms with van der Waals surface area (Å²) in [6.45, 7) is 0. The zero-order valence-corrected chi connectivity index (χ0v) is 11.3. The molecule has 1 rings (SSSR count). The fourth-order valence-electron chi connectivity index (χ4n) is 2.99. The molecule has 0 heterocycles. The van der Waals surface area contributed by atoms with Gasteiger partial charge in [-0.1, -0.05) is 25.7 Å². The fraction of sp³-hybridized carbons (Fsp3) is 1.00. The zero-order valence-electron chi connectivity index (χ0n) is 11.3. The van der Waals surface area contributed by atoms with Gasteiger partial charge < -0.3 is 10.0 Å². The molecule has 5 heteroatoms. The van der Waals surface area contributed by atoms with E-state index in [1.165, 1.54) is 0 Å². The molecule has 108 valence electrons. The molecule has 0 radical (unpaired) electrons. The summed E-state index contributed by atoms with van der Waals surface area (Å²) < 4.78 is 36.8. The van der Waals surface area contributed by atoms with Crippen molar-refractivity contribution in [2.24, 2.45) is 0 Å². The van der Waals surface area contributed by atoms with Crippen LogP contribution in [0, 0.1) is 0 Å². The number of aliphatic hydroxyl groups excluding tert-OH is 1. The monoisotopic (exact) mass is 267 g/mol. The predicted molar refractivity (Wildman–Crippen MR) is 65.4 cm³/mol. The second-order valence-corrected chi connectivity index (χ2v) is 5.58. The van der Waals surface area contributed by atoms with Gasteiger partial charge in [0.05, 0.1) is 6.10 Å². The lowest BCUT2D eigenvalue weighted by molar-refractivity contribution is -0.145. The van der Waals surface area contributed by atoms with Gasteiger partial charge in [0.15, 0.2) is 0 Å². The normalized spacial score (nSPS) is 22.8. The summed E-state index contributed by atoms with van der Waals surface area (Å²) in [5.74, 6) is 0. The molecule has 1 atom stereocenters. The van der Waals surface area contributed by atoms with Crippen LogP contribution in [0.4, 0.5) is 13.2 Å². The lowest BCUT2D eigenvalue weighted by Crippen LogP contribution is -2.53. The maximum absolute atomic E-state index is 12.3. The lowest BCUT2D eigenvalue weighted by Gasteiger charge is -2.43. The molecular weight excluding hydrogens is 243 g/mol. The molecular formula is C13H24F3NO. The number of rotatable bonds is 4. The Bertz CT molecular complexity index is 245. The van der Waals surface area contributed by atoms with Crippen LogP contribution >= 0.6 is 0 Å². The van der Waals surface area contributed by atoms with E-state index >= 15 is 0 Å². The van der Waals surface area contributed by atoms with E-state index in [9.17, 15) is 18.3 Å². The average Bonchev–Trinajstić information content (AvgIpc) is 2.51. The van der Waals surface area contributed by atoms with Gasteiger partial charge in [-0.25, -0.2) is 0 Å². The average molecular weight is 267 g/mol. The van der Waals surface area contributed by atoms with Gasteiger partial charge in [-0.05, 0) is 33.4 Å². The first-order valence-corrected chi connectivity index (χ1v) is 6.70. The summed E-state index contributed by atoms with van der Waals surface area (Å²) in [6.07, 6.45) is -0.388. The van der Waals surface area contributed by atoms with Crippen LogP contribution in [0.25, 0.3) is 0 Å². The van der Waals surface area contributed by atoms with Gasteiger partial charge >= 0.3 is 6.18 Å². The highest BCUT2D eigenvalue weighted by molar-refractivity contribution is 4.96. The van der Waals surface area contributed by atoms with Crippen LogP contribution < -0.4 is 0 Å². The van der Waals surface area contributed by atoms with Crippen molar-refractivity contribution < 1.29 is 18.3 Å². The molecule has 0 aromatic carbocycles. The largest absolute Gasteiger partial charge is 0.391 e. The summed E-state index contributed by atoms with van der Waals surface area (Å²) in [6, 6.07) is 0. The minimum absolute atomic E-state index is 0.193. The van der Waals surface area contributed by atoms with Crippen LogP contribution in [0.5, 0.6) is 0 Å². The van der Waals surface area contributed by atoms with Gasteiger partial charge in [-0.2, -0.15) is 13.2 Å². The van der Waals surface area contributed by atoms with Crippen molar-refractivity contribution in [3.63, 3.8) is 0 Å². The summed E-state index contributed by atoms with van der Waals surface area (Å²) in [5, 5.41) is 10.2. The second-order valence-electron chi connectivity index (χ2n) is 5.58. The molecule has 1 aliphatic rings. The minimum Gasteiger partial charge on any atom is -0.391 e. The first-order chi connectivity index (χ1) is 8.28. The molecule has 0 aromatic rings. The fourth-order valence-corrected chi connectivity index (χ4v) is 2.99. The van der Waals surface area contributed by atoms with Crippen molar-refractivity contribution in [1.82, 2.24) is 4.90 Å². The Kier molecular flexibility index (Phi) is 5.46. The van der Waals surface area contributed by atoms with E-state index in [-0.39, 0.29) is 6.42 Å². The van der Waals surface area contributed by atoms with Crippen molar-refractivity contribution >= 4 is 0 Å². The highest BCUT2D eigenvalue weighted by atomic mass is 19.4. The number of likely N-dealkylation sites (N-methyl/N-ethyl adjacent to an activating group) is 1. The van der Waals surface area contributed by atoms with Crippen LogP contribution in [-0.4, -0.2) is 41.9 Å². The molecule has 2 nitrogen and oxygen atoms in total. The SMILES string of the molecule is CN(C)C1(C(O)CCC(F)(F)F)CCCCCC1. The maximum Gasteiger partial charge on any atom is 0.389 e. The molecule has 0 spiro atoms. The standard InChI is InChI=1S/C13H24F3NO/c1-17(2)12(8-5-3-4-6-9-12)11(18)7-10-13(14,15)16/h11,18H,3-10H2,1-2H3. The van der Waals surface area contributed by atoms with Crippen molar-refractivity contribution in [3.05, 3.63) is 0 Å². The third-order valence-corrected chi connectivity index (χ3v) is 4.18. The van der Waals surface area contributed by atoms with Crippen molar-refractivity contribution in [2.45, 2.75) is 69.2 Å². The molecule has 1 saturated carbocycles. The number of hydrogen-bond donors (Lipinski definition) is 1. The summed E-state index contributed by atoms with van der Waals surface area (Å²) in [5.41, 5.74) is -0.470. The summed E-state index contributed by atoms with van der Waals surface area (Å²) in [4.78, 5) is 1.93. The number of hydrogen-bond acceptors (Lipinski definition) is 2. The molecule has 1 unspecified atom stereocenters. The smallest absolute Gasteiger partial charge is 0.389 e. The Morgan fingerprint density at radius 1 is 1.11 bits per heavy atom. The van der Waals surface area contributed by atoms with Gasteiger partial charge in [0.2, 0.25) is 0 Å². The first kappa shape index (κ1) is 15.8. The zero-order chi connectivity index (χ0) is 13.8. The molecule has 1 N–H and O–H groups in total. The third-order valence-electron chi connectivity index (χ3n) is 4.18. The Labute approximate surface area is 107 Å². The number of halogens is 3. The van der Waals surface area contributed by atoms with Gasteiger partial charge in [0, 0.05) is 12.0 Å². The van der Waals surface area contributed by atoms with Gasteiger partial charge in [-0.3, -0.25) is 0 Å². The molecule has 0 aliphatic heterocycles. The van der Waals surface area contributed by atoms with Crippen molar-refractivity contribution in [3.8, 4) is 0 Å².